The molecule has 1 atom stereocenters. The maximum absolute atomic E-state index is 10.6. The Bertz CT molecular complexity index is 143. The van der Waals surface area contributed by atoms with Gasteiger partial charge in [0.25, 0.3) is 0 Å². The largest absolute Gasteiger partial charge is 0.394 e. The standard InChI is InChI=1S/C8H15NO2/c1-6(11)9-8(5-10)7-3-2-4-7/h7-8,10H,2-5H2,1H3,(H,9,11)/t8-/m1/s1. The van der Waals surface area contributed by atoms with Crippen LogP contribution in [0, 0.1) is 5.92 Å². The van der Waals surface area contributed by atoms with Gasteiger partial charge in [-0.05, 0) is 18.8 Å². The molecule has 1 aliphatic carbocycles. The van der Waals surface area contributed by atoms with E-state index < -0.39 is 0 Å². The van der Waals surface area contributed by atoms with Crippen molar-refractivity contribution in [2.75, 3.05) is 6.61 Å². The summed E-state index contributed by atoms with van der Waals surface area (Å²) in [6.07, 6.45) is 3.53. The lowest BCUT2D eigenvalue weighted by Gasteiger charge is -2.32. The van der Waals surface area contributed by atoms with Crippen LogP contribution in [0.15, 0.2) is 0 Å². The Kier molecular flexibility index (Phi) is 2.88. The van der Waals surface area contributed by atoms with E-state index in [2.05, 4.69) is 5.32 Å². The van der Waals surface area contributed by atoms with Crippen molar-refractivity contribution in [2.24, 2.45) is 5.92 Å². The van der Waals surface area contributed by atoms with Crippen LogP contribution in [0.25, 0.3) is 0 Å². The molecule has 64 valence electrons. The van der Waals surface area contributed by atoms with Gasteiger partial charge in [-0.15, -0.1) is 0 Å². The van der Waals surface area contributed by atoms with Crippen LogP contribution in [0.2, 0.25) is 0 Å². The first kappa shape index (κ1) is 8.53. The molecule has 1 rings (SSSR count). The molecule has 1 saturated carbocycles. The first-order valence-electron chi connectivity index (χ1n) is 4.12. The monoisotopic (exact) mass is 157 g/mol. The van der Waals surface area contributed by atoms with Crippen LogP contribution in [0.3, 0.4) is 0 Å². The number of rotatable bonds is 3. The van der Waals surface area contributed by atoms with E-state index in [4.69, 9.17) is 5.11 Å². The van der Waals surface area contributed by atoms with Crippen molar-refractivity contribution in [1.29, 1.82) is 0 Å². The number of hydrogen-bond donors (Lipinski definition) is 2. The van der Waals surface area contributed by atoms with Gasteiger partial charge in [0.15, 0.2) is 0 Å². The molecule has 11 heavy (non-hydrogen) atoms. The number of carbonyl (C=O) groups excluding carboxylic acids is 1. The van der Waals surface area contributed by atoms with Gasteiger partial charge in [-0.25, -0.2) is 0 Å². The maximum Gasteiger partial charge on any atom is 0.217 e. The summed E-state index contributed by atoms with van der Waals surface area (Å²) in [5.74, 6) is 0.472. The first-order valence-corrected chi connectivity index (χ1v) is 4.12. The van der Waals surface area contributed by atoms with Gasteiger partial charge in [0.2, 0.25) is 5.91 Å². The molecule has 0 aliphatic heterocycles. The van der Waals surface area contributed by atoms with Crippen LogP contribution in [0.4, 0.5) is 0 Å². The Hall–Kier alpha value is -0.570. The van der Waals surface area contributed by atoms with Gasteiger partial charge in [0, 0.05) is 6.92 Å². The summed E-state index contributed by atoms with van der Waals surface area (Å²) in [6, 6.07) is 0.00116. The lowest BCUT2D eigenvalue weighted by Crippen LogP contribution is -2.44. The number of aliphatic hydroxyl groups excluding tert-OH is 1. The van der Waals surface area contributed by atoms with E-state index in [-0.39, 0.29) is 18.6 Å². The molecule has 2 N–H and O–H groups in total. The lowest BCUT2D eigenvalue weighted by atomic mass is 9.80. The molecule has 0 heterocycles. The van der Waals surface area contributed by atoms with Gasteiger partial charge in [0.05, 0.1) is 12.6 Å². The summed E-state index contributed by atoms with van der Waals surface area (Å²) in [4.78, 5) is 10.6. The smallest absolute Gasteiger partial charge is 0.217 e. The predicted molar refractivity (Wildman–Crippen MR) is 42.0 cm³/mol. The molecule has 0 aromatic rings. The topological polar surface area (TPSA) is 49.3 Å². The summed E-state index contributed by atoms with van der Waals surface area (Å²) < 4.78 is 0. The summed E-state index contributed by atoms with van der Waals surface area (Å²) in [5.41, 5.74) is 0. The number of nitrogens with one attached hydrogen (secondary N) is 1. The molecule has 0 aromatic carbocycles. The molecule has 0 radical (unpaired) electrons. The average Bonchev–Trinajstić information content (AvgIpc) is 1.81. The van der Waals surface area contributed by atoms with Crippen molar-refractivity contribution >= 4 is 5.91 Å². The summed E-state index contributed by atoms with van der Waals surface area (Å²) in [7, 11) is 0. The highest BCUT2D eigenvalue weighted by molar-refractivity contribution is 5.73. The second-order valence-electron chi connectivity index (χ2n) is 3.18. The van der Waals surface area contributed by atoms with E-state index in [1.807, 2.05) is 0 Å². The molecule has 1 aliphatic rings. The van der Waals surface area contributed by atoms with Crippen LogP contribution < -0.4 is 5.32 Å². The third kappa shape index (κ3) is 2.19. The molecule has 0 bridgehead atoms. The molecule has 1 amide bonds. The van der Waals surface area contributed by atoms with Crippen LogP contribution in [-0.2, 0) is 4.79 Å². The van der Waals surface area contributed by atoms with E-state index in [9.17, 15) is 4.79 Å². The molecule has 3 nitrogen and oxygen atoms in total. The van der Waals surface area contributed by atoms with E-state index in [0.717, 1.165) is 12.8 Å². The second kappa shape index (κ2) is 3.72. The molecular formula is C8H15NO2. The minimum absolute atomic E-state index is 0.00116. The highest BCUT2D eigenvalue weighted by Gasteiger charge is 2.26. The quantitative estimate of drug-likeness (QED) is 0.618. The van der Waals surface area contributed by atoms with Gasteiger partial charge in [-0.1, -0.05) is 6.42 Å². The summed E-state index contributed by atoms with van der Waals surface area (Å²) >= 11 is 0. The third-order valence-corrected chi connectivity index (χ3v) is 2.30. The molecule has 0 aromatic heterocycles. The molecular weight excluding hydrogens is 142 g/mol. The van der Waals surface area contributed by atoms with Gasteiger partial charge in [-0.2, -0.15) is 0 Å². The van der Waals surface area contributed by atoms with Crippen LogP contribution >= 0.6 is 0 Å². The SMILES string of the molecule is CC(=O)N[C@H](CO)C1CCC1. The predicted octanol–water partition coefficient (Wildman–Crippen LogP) is 0.283. The lowest BCUT2D eigenvalue weighted by molar-refractivity contribution is -0.120. The second-order valence-corrected chi connectivity index (χ2v) is 3.18. The van der Waals surface area contributed by atoms with Gasteiger partial charge < -0.3 is 10.4 Å². The highest BCUT2D eigenvalue weighted by atomic mass is 16.3. The summed E-state index contributed by atoms with van der Waals surface area (Å²) in [6.45, 7) is 1.56. The van der Waals surface area contributed by atoms with Crippen molar-refractivity contribution in [3.63, 3.8) is 0 Å². The highest BCUT2D eigenvalue weighted by Crippen LogP contribution is 2.29. The summed E-state index contributed by atoms with van der Waals surface area (Å²) in [5, 5.41) is 11.6. The molecule has 3 heteroatoms. The third-order valence-electron chi connectivity index (χ3n) is 2.30. The maximum atomic E-state index is 10.6. The van der Waals surface area contributed by atoms with Crippen LogP contribution in [-0.4, -0.2) is 23.7 Å². The molecule has 0 saturated heterocycles. The van der Waals surface area contributed by atoms with Crippen molar-refractivity contribution in [3.8, 4) is 0 Å². The number of hydrogen-bond acceptors (Lipinski definition) is 2. The Labute approximate surface area is 66.8 Å². The van der Waals surface area contributed by atoms with Crippen molar-refractivity contribution in [2.45, 2.75) is 32.2 Å². The Morgan fingerprint density at radius 1 is 1.73 bits per heavy atom. The van der Waals surface area contributed by atoms with Gasteiger partial charge in [0.1, 0.15) is 0 Å². The first-order chi connectivity index (χ1) is 5.24. The van der Waals surface area contributed by atoms with E-state index in [0.29, 0.717) is 5.92 Å². The number of carbonyl (C=O) groups is 1. The fourth-order valence-electron chi connectivity index (χ4n) is 1.42. The zero-order valence-corrected chi connectivity index (χ0v) is 6.84. The van der Waals surface area contributed by atoms with Crippen LogP contribution in [0.1, 0.15) is 26.2 Å². The number of aliphatic hydroxyl groups is 1. The van der Waals surface area contributed by atoms with Crippen molar-refractivity contribution in [3.05, 3.63) is 0 Å². The Balaban J connectivity index is 2.29. The molecule has 0 unspecified atom stereocenters. The normalized spacial score (nSPS) is 20.5. The fourth-order valence-corrected chi connectivity index (χ4v) is 1.42. The fraction of sp³-hybridized carbons (Fsp3) is 0.875. The number of amides is 1. The van der Waals surface area contributed by atoms with E-state index in [1.165, 1.54) is 13.3 Å². The van der Waals surface area contributed by atoms with Gasteiger partial charge >= 0.3 is 0 Å². The Morgan fingerprint density at radius 3 is 2.64 bits per heavy atom. The Morgan fingerprint density at radius 2 is 2.36 bits per heavy atom. The van der Waals surface area contributed by atoms with Gasteiger partial charge in [-0.3, -0.25) is 4.79 Å². The minimum Gasteiger partial charge on any atom is -0.394 e. The van der Waals surface area contributed by atoms with Crippen LogP contribution in [0.5, 0.6) is 0 Å². The zero-order valence-electron chi connectivity index (χ0n) is 6.84. The molecule has 0 spiro atoms. The molecule has 1 fully saturated rings. The minimum atomic E-state index is -0.0454. The van der Waals surface area contributed by atoms with E-state index in [1.54, 1.807) is 0 Å². The zero-order chi connectivity index (χ0) is 8.27. The van der Waals surface area contributed by atoms with E-state index >= 15 is 0 Å². The average molecular weight is 157 g/mol. The van der Waals surface area contributed by atoms with Crippen molar-refractivity contribution in [1.82, 2.24) is 5.32 Å². The van der Waals surface area contributed by atoms with Crippen molar-refractivity contribution < 1.29 is 9.90 Å².